The number of pyridine rings is 2. The Morgan fingerprint density at radius 3 is 2.97 bits per heavy atom. The number of benzene rings is 1. The zero-order valence-electron chi connectivity index (χ0n) is 16.3. The fourth-order valence-electron chi connectivity index (χ4n) is 3.56. The third kappa shape index (κ3) is 4.22. The number of hydrogen-bond acceptors (Lipinski definition) is 5. The Hall–Kier alpha value is -3.16. The number of rotatable bonds is 5. The van der Waals surface area contributed by atoms with Crippen molar-refractivity contribution in [2.24, 2.45) is 0 Å². The summed E-state index contributed by atoms with van der Waals surface area (Å²) in [6.45, 7) is 4.33. The van der Waals surface area contributed by atoms with E-state index in [2.05, 4.69) is 21.9 Å². The molecule has 1 aliphatic rings. The number of halogens is 1. The minimum absolute atomic E-state index is 0.108. The maximum absolute atomic E-state index is 14.5. The van der Waals surface area contributed by atoms with Gasteiger partial charge in [-0.2, -0.15) is 0 Å². The van der Waals surface area contributed by atoms with E-state index in [-0.39, 0.29) is 17.8 Å². The van der Waals surface area contributed by atoms with Gasteiger partial charge in [0.05, 0.1) is 24.4 Å². The highest BCUT2D eigenvalue weighted by atomic mass is 19.1. The Balaban J connectivity index is 1.68. The van der Waals surface area contributed by atoms with Crippen molar-refractivity contribution in [3.63, 3.8) is 0 Å². The fourth-order valence-corrected chi connectivity index (χ4v) is 3.56. The predicted octanol–water partition coefficient (Wildman–Crippen LogP) is 2.88. The number of aromatic nitrogens is 2. The van der Waals surface area contributed by atoms with Crippen LogP contribution in [0.15, 0.2) is 49.2 Å². The summed E-state index contributed by atoms with van der Waals surface area (Å²) in [5.41, 5.74) is 2.70. The molecule has 3 aromatic rings. The number of amides is 1. The summed E-state index contributed by atoms with van der Waals surface area (Å²) in [5.74, 6) is -0.942. The van der Waals surface area contributed by atoms with Crippen molar-refractivity contribution in [1.82, 2.24) is 15.3 Å². The van der Waals surface area contributed by atoms with Crippen LogP contribution in [0.25, 0.3) is 17.0 Å². The number of fused-ring (bicyclic) bond motifs is 1. The lowest BCUT2D eigenvalue weighted by atomic mass is 10.00. The largest absolute Gasteiger partial charge is 0.389 e. The lowest BCUT2D eigenvalue weighted by molar-refractivity contribution is -0.0261. The lowest BCUT2D eigenvalue weighted by Crippen LogP contribution is -2.48. The van der Waals surface area contributed by atoms with Crippen LogP contribution in [0.5, 0.6) is 0 Å². The maximum atomic E-state index is 14.5. The molecule has 0 saturated carbocycles. The number of hydrogen-bond donors (Lipinski definition) is 2. The number of carbonyl (C=O) groups is 1. The van der Waals surface area contributed by atoms with E-state index in [1.807, 2.05) is 12.1 Å². The van der Waals surface area contributed by atoms with Gasteiger partial charge in [-0.1, -0.05) is 24.8 Å². The Morgan fingerprint density at radius 1 is 1.37 bits per heavy atom. The van der Waals surface area contributed by atoms with Gasteiger partial charge < -0.3 is 15.2 Å². The molecule has 0 bridgehead atoms. The monoisotopic (exact) mass is 407 g/mol. The summed E-state index contributed by atoms with van der Waals surface area (Å²) in [5, 5.41) is 13.5. The van der Waals surface area contributed by atoms with Gasteiger partial charge in [-0.3, -0.25) is 9.78 Å². The van der Waals surface area contributed by atoms with Gasteiger partial charge >= 0.3 is 0 Å². The number of carbonyl (C=O) groups excluding carboxylic acids is 1. The summed E-state index contributed by atoms with van der Waals surface area (Å²) in [7, 11) is 0. The SMILES string of the molecule is C=Cc1ccc(Cc2cc(C(=O)N[C@H]3CCOC[C@@H]3O)nc3c(F)cccc23)cn1. The van der Waals surface area contributed by atoms with Crippen LogP contribution in [0.2, 0.25) is 0 Å². The predicted molar refractivity (Wildman–Crippen MR) is 112 cm³/mol. The average Bonchev–Trinajstić information content (AvgIpc) is 2.76. The first-order valence-corrected chi connectivity index (χ1v) is 9.77. The molecule has 7 heteroatoms. The Kier molecular flexibility index (Phi) is 5.83. The summed E-state index contributed by atoms with van der Waals surface area (Å²) >= 11 is 0. The zero-order valence-corrected chi connectivity index (χ0v) is 16.3. The number of ether oxygens (including phenoxy) is 1. The Morgan fingerprint density at radius 2 is 2.23 bits per heavy atom. The first kappa shape index (κ1) is 20.1. The zero-order chi connectivity index (χ0) is 21.1. The molecule has 0 radical (unpaired) electrons. The van der Waals surface area contributed by atoms with Gasteiger partial charge in [-0.05, 0) is 48.2 Å². The molecule has 154 valence electrons. The fraction of sp³-hybridized carbons (Fsp3) is 0.261. The molecular formula is C23H22FN3O3. The van der Waals surface area contributed by atoms with Crippen LogP contribution < -0.4 is 5.32 Å². The standard InChI is InChI=1S/C23H22FN3O3/c1-2-16-7-6-14(12-25-16)10-15-11-20(26-22-17(15)4-3-5-18(22)24)23(29)27-19-8-9-30-13-21(19)28/h2-7,11-12,19,21,28H,1,8-10,13H2,(H,27,29)/t19-,21-/m0/s1. The van der Waals surface area contributed by atoms with Gasteiger partial charge in [-0.15, -0.1) is 0 Å². The normalized spacial score (nSPS) is 18.9. The molecule has 1 aromatic carbocycles. The van der Waals surface area contributed by atoms with Crippen LogP contribution >= 0.6 is 0 Å². The van der Waals surface area contributed by atoms with Gasteiger partial charge in [0.1, 0.15) is 17.0 Å². The third-order valence-corrected chi connectivity index (χ3v) is 5.20. The van der Waals surface area contributed by atoms with Gasteiger partial charge in [-0.25, -0.2) is 9.37 Å². The molecule has 2 N–H and O–H groups in total. The first-order valence-electron chi connectivity index (χ1n) is 9.77. The number of aliphatic hydroxyl groups excluding tert-OH is 1. The van der Waals surface area contributed by atoms with Crippen LogP contribution in [0.1, 0.15) is 33.7 Å². The van der Waals surface area contributed by atoms with Crippen molar-refractivity contribution >= 4 is 22.9 Å². The number of nitrogens with zero attached hydrogens (tertiary/aromatic N) is 2. The number of aliphatic hydroxyl groups is 1. The lowest BCUT2D eigenvalue weighted by Gasteiger charge is -2.28. The molecule has 2 aromatic heterocycles. The van der Waals surface area contributed by atoms with Crippen molar-refractivity contribution in [2.75, 3.05) is 13.2 Å². The topological polar surface area (TPSA) is 84.3 Å². The van der Waals surface area contributed by atoms with E-state index in [0.717, 1.165) is 16.8 Å². The van der Waals surface area contributed by atoms with E-state index in [9.17, 15) is 14.3 Å². The minimum atomic E-state index is -0.784. The van der Waals surface area contributed by atoms with Crippen molar-refractivity contribution in [2.45, 2.75) is 25.0 Å². The first-order chi connectivity index (χ1) is 14.5. The smallest absolute Gasteiger partial charge is 0.270 e. The van der Waals surface area contributed by atoms with Crippen molar-refractivity contribution in [1.29, 1.82) is 0 Å². The van der Waals surface area contributed by atoms with E-state index in [0.29, 0.717) is 24.8 Å². The highest BCUT2D eigenvalue weighted by molar-refractivity contribution is 5.96. The molecule has 30 heavy (non-hydrogen) atoms. The summed E-state index contributed by atoms with van der Waals surface area (Å²) < 4.78 is 19.7. The van der Waals surface area contributed by atoms with Crippen molar-refractivity contribution in [3.05, 3.63) is 77.5 Å². The third-order valence-electron chi connectivity index (χ3n) is 5.20. The summed E-state index contributed by atoms with van der Waals surface area (Å²) in [6.07, 6.45) is 3.58. The molecular weight excluding hydrogens is 385 g/mol. The van der Waals surface area contributed by atoms with Crippen LogP contribution in [0.4, 0.5) is 4.39 Å². The van der Waals surface area contributed by atoms with E-state index in [4.69, 9.17) is 4.74 Å². The van der Waals surface area contributed by atoms with Gasteiger partial charge in [0.2, 0.25) is 0 Å². The molecule has 3 heterocycles. The van der Waals surface area contributed by atoms with E-state index >= 15 is 0 Å². The summed E-state index contributed by atoms with van der Waals surface area (Å²) in [6, 6.07) is 9.76. The Bertz CT molecular complexity index is 1080. The highest BCUT2D eigenvalue weighted by Crippen LogP contribution is 2.24. The quantitative estimate of drug-likeness (QED) is 0.680. The van der Waals surface area contributed by atoms with Crippen LogP contribution in [0, 0.1) is 5.82 Å². The molecule has 1 amide bonds. The van der Waals surface area contributed by atoms with E-state index < -0.39 is 23.9 Å². The molecule has 0 unspecified atom stereocenters. The molecule has 0 aliphatic carbocycles. The summed E-state index contributed by atoms with van der Waals surface area (Å²) in [4.78, 5) is 21.4. The van der Waals surface area contributed by atoms with Crippen LogP contribution in [0.3, 0.4) is 0 Å². The number of para-hydroxylation sites is 1. The van der Waals surface area contributed by atoms with Crippen molar-refractivity contribution < 1.29 is 19.0 Å². The average molecular weight is 407 g/mol. The molecule has 6 nitrogen and oxygen atoms in total. The second-order valence-corrected chi connectivity index (χ2v) is 7.29. The van der Waals surface area contributed by atoms with Gasteiger partial charge in [0.25, 0.3) is 5.91 Å². The molecule has 2 atom stereocenters. The molecule has 1 aliphatic heterocycles. The Labute approximate surface area is 173 Å². The second kappa shape index (κ2) is 8.69. The maximum Gasteiger partial charge on any atom is 0.270 e. The molecule has 1 saturated heterocycles. The highest BCUT2D eigenvalue weighted by Gasteiger charge is 2.26. The van der Waals surface area contributed by atoms with Gasteiger partial charge in [0, 0.05) is 18.2 Å². The van der Waals surface area contributed by atoms with Crippen LogP contribution in [-0.4, -0.2) is 46.3 Å². The van der Waals surface area contributed by atoms with Crippen LogP contribution in [-0.2, 0) is 11.2 Å². The van der Waals surface area contributed by atoms with Crippen molar-refractivity contribution in [3.8, 4) is 0 Å². The van der Waals surface area contributed by atoms with E-state index in [1.54, 1.807) is 30.5 Å². The van der Waals surface area contributed by atoms with Gasteiger partial charge in [0.15, 0.2) is 0 Å². The second-order valence-electron chi connectivity index (χ2n) is 7.29. The number of nitrogens with one attached hydrogen (secondary N) is 1. The van der Waals surface area contributed by atoms with E-state index in [1.165, 1.54) is 6.07 Å². The molecule has 0 spiro atoms. The molecule has 1 fully saturated rings. The molecule has 4 rings (SSSR count). The minimum Gasteiger partial charge on any atom is -0.389 e.